The predicted molar refractivity (Wildman–Crippen MR) is 94.5 cm³/mol. The average molecular weight is 319 g/mol. The second kappa shape index (κ2) is 7.13. The van der Waals surface area contributed by atoms with Crippen molar-refractivity contribution < 1.29 is 4.79 Å². The lowest BCUT2D eigenvalue weighted by Gasteiger charge is -2.19. The molecule has 1 amide bonds. The molecule has 122 valence electrons. The third-order valence-corrected chi connectivity index (χ3v) is 4.00. The smallest absolute Gasteiger partial charge is 0.225 e. The van der Waals surface area contributed by atoms with Crippen LogP contribution < -0.4 is 5.32 Å². The maximum atomic E-state index is 12.5. The van der Waals surface area contributed by atoms with E-state index in [4.69, 9.17) is 0 Å². The number of nitrogens with zero attached hydrogens (tertiary/aromatic N) is 2. The van der Waals surface area contributed by atoms with E-state index < -0.39 is 0 Å². The lowest BCUT2D eigenvalue weighted by atomic mass is 10.0. The number of carbonyl (C=O) groups is 1. The molecular formula is C20H21N3O. The van der Waals surface area contributed by atoms with E-state index in [9.17, 15) is 4.79 Å². The molecule has 0 saturated heterocycles. The molecule has 1 N–H and O–H groups in total. The van der Waals surface area contributed by atoms with Crippen molar-refractivity contribution in [1.29, 1.82) is 0 Å². The standard InChI is InChI=1S/C20H21N3O/c1-15-7-6-10-17(13-15)19(20-21-11-12-23(20)2)22-18(24)14-16-8-4-3-5-9-16/h3-13,19H,14H2,1-2H3,(H,22,24). The van der Waals surface area contributed by atoms with E-state index in [1.165, 1.54) is 0 Å². The number of rotatable bonds is 5. The zero-order valence-corrected chi connectivity index (χ0v) is 13.9. The average Bonchev–Trinajstić information content (AvgIpc) is 2.99. The first-order valence-electron chi connectivity index (χ1n) is 8.00. The van der Waals surface area contributed by atoms with E-state index in [0.29, 0.717) is 6.42 Å². The first kappa shape index (κ1) is 16.0. The quantitative estimate of drug-likeness (QED) is 0.785. The molecule has 4 nitrogen and oxygen atoms in total. The molecule has 1 unspecified atom stereocenters. The highest BCUT2D eigenvalue weighted by molar-refractivity contribution is 5.79. The summed E-state index contributed by atoms with van der Waals surface area (Å²) in [5.74, 6) is 0.803. The highest BCUT2D eigenvalue weighted by Crippen LogP contribution is 2.21. The summed E-state index contributed by atoms with van der Waals surface area (Å²) in [7, 11) is 1.94. The zero-order chi connectivity index (χ0) is 16.9. The Morgan fingerprint density at radius 3 is 2.62 bits per heavy atom. The molecule has 3 rings (SSSR count). The first-order valence-corrected chi connectivity index (χ1v) is 8.00. The van der Waals surface area contributed by atoms with Crippen LogP contribution in [-0.2, 0) is 18.3 Å². The van der Waals surface area contributed by atoms with Crippen LogP contribution in [0.5, 0.6) is 0 Å². The molecule has 1 aromatic heterocycles. The fourth-order valence-electron chi connectivity index (χ4n) is 2.80. The van der Waals surface area contributed by atoms with Crippen LogP contribution in [0.1, 0.15) is 28.6 Å². The van der Waals surface area contributed by atoms with Crippen LogP contribution in [0.4, 0.5) is 0 Å². The van der Waals surface area contributed by atoms with Crippen molar-refractivity contribution in [2.45, 2.75) is 19.4 Å². The molecule has 1 atom stereocenters. The van der Waals surface area contributed by atoms with Crippen molar-refractivity contribution in [3.63, 3.8) is 0 Å². The van der Waals surface area contributed by atoms with Gasteiger partial charge in [-0.2, -0.15) is 0 Å². The third-order valence-electron chi connectivity index (χ3n) is 4.00. The van der Waals surface area contributed by atoms with E-state index in [1.807, 2.05) is 73.3 Å². The van der Waals surface area contributed by atoms with Crippen molar-refractivity contribution in [3.8, 4) is 0 Å². The minimum Gasteiger partial charge on any atom is -0.342 e. The molecule has 0 fully saturated rings. The summed E-state index contributed by atoms with van der Waals surface area (Å²) in [6.07, 6.45) is 4.00. The lowest BCUT2D eigenvalue weighted by Crippen LogP contribution is -2.32. The van der Waals surface area contributed by atoms with Gasteiger partial charge in [0.25, 0.3) is 0 Å². The molecule has 0 spiro atoms. The minimum absolute atomic E-state index is 0.0179. The predicted octanol–water partition coefficient (Wildman–Crippen LogP) is 3.18. The zero-order valence-electron chi connectivity index (χ0n) is 13.9. The largest absolute Gasteiger partial charge is 0.342 e. The van der Waals surface area contributed by atoms with E-state index in [0.717, 1.165) is 22.5 Å². The van der Waals surface area contributed by atoms with E-state index in [1.54, 1.807) is 6.20 Å². The highest BCUT2D eigenvalue weighted by Gasteiger charge is 2.20. The van der Waals surface area contributed by atoms with Gasteiger partial charge in [0.2, 0.25) is 5.91 Å². The maximum Gasteiger partial charge on any atom is 0.225 e. The summed E-state index contributed by atoms with van der Waals surface area (Å²) >= 11 is 0. The summed E-state index contributed by atoms with van der Waals surface area (Å²) in [6.45, 7) is 2.05. The lowest BCUT2D eigenvalue weighted by molar-refractivity contribution is -0.121. The monoisotopic (exact) mass is 319 g/mol. The SMILES string of the molecule is Cc1cccc(C(NC(=O)Cc2ccccc2)c2nccn2C)c1. The Bertz CT molecular complexity index is 824. The van der Waals surface area contributed by atoms with E-state index in [2.05, 4.69) is 16.4 Å². The Balaban J connectivity index is 1.85. The fraction of sp³-hybridized carbons (Fsp3) is 0.200. The number of hydrogen-bond acceptors (Lipinski definition) is 2. The molecule has 24 heavy (non-hydrogen) atoms. The molecule has 0 bridgehead atoms. The molecule has 0 radical (unpaired) electrons. The van der Waals surface area contributed by atoms with Crippen LogP contribution in [0.3, 0.4) is 0 Å². The Kier molecular flexibility index (Phi) is 4.75. The number of hydrogen-bond donors (Lipinski definition) is 1. The number of benzene rings is 2. The van der Waals surface area contributed by atoms with Crippen LogP contribution in [0.25, 0.3) is 0 Å². The van der Waals surface area contributed by atoms with Crippen LogP contribution in [0.2, 0.25) is 0 Å². The molecule has 3 aromatic rings. The van der Waals surface area contributed by atoms with E-state index >= 15 is 0 Å². The maximum absolute atomic E-state index is 12.5. The highest BCUT2D eigenvalue weighted by atomic mass is 16.1. The number of aryl methyl sites for hydroxylation is 2. The third kappa shape index (κ3) is 3.71. The van der Waals surface area contributed by atoms with Crippen LogP contribution in [0.15, 0.2) is 67.0 Å². The Labute approximate surface area is 142 Å². The van der Waals surface area contributed by atoms with Crippen LogP contribution in [0, 0.1) is 6.92 Å². The number of aromatic nitrogens is 2. The van der Waals surface area contributed by atoms with Crippen LogP contribution >= 0.6 is 0 Å². The number of imidazole rings is 1. The van der Waals surface area contributed by atoms with Crippen molar-refractivity contribution in [1.82, 2.24) is 14.9 Å². The van der Waals surface area contributed by atoms with Gasteiger partial charge >= 0.3 is 0 Å². The van der Waals surface area contributed by atoms with Gasteiger partial charge in [-0.25, -0.2) is 4.98 Å². The molecule has 0 aliphatic heterocycles. The Morgan fingerprint density at radius 2 is 1.96 bits per heavy atom. The summed E-state index contributed by atoms with van der Waals surface area (Å²) in [6, 6.07) is 17.7. The van der Waals surface area contributed by atoms with Crippen molar-refractivity contribution in [3.05, 3.63) is 89.5 Å². The molecule has 1 heterocycles. The van der Waals surface area contributed by atoms with E-state index in [-0.39, 0.29) is 11.9 Å². The Morgan fingerprint density at radius 1 is 1.17 bits per heavy atom. The number of carbonyl (C=O) groups excluding carboxylic acids is 1. The first-order chi connectivity index (χ1) is 11.6. The van der Waals surface area contributed by atoms with Gasteiger partial charge in [0, 0.05) is 19.4 Å². The van der Waals surface area contributed by atoms with Gasteiger partial charge in [0.15, 0.2) is 0 Å². The Hall–Kier alpha value is -2.88. The second-order valence-electron chi connectivity index (χ2n) is 5.97. The number of amides is 1. The fourth-order valence-corrected chi connectivity index (χ4v) is 2.80. The summed E-state index contributed by atoms with van der Waals surface area (Å²) < 4.78 is 1.94. The van der Waals surface area contributed by atoms with Gasteiger partial charge in [0.05, 0.1) is 6.42 Å². The minimum atomic E-state index is -0.263. The van der Waals surface area contributed by atoms with Gasteiger partial charge in [-0.3, -0.25) is 4.79 Å². The molecule has 0 aliphatic carbocycles. The van der Waals surface area contributed by atoms with Crippen molar-refractivity contribution in [2.75, 3.05) is 0 Å². The van der Waals surface area contributed by atoms with Gasteiger partial charge in [0.1, 0.15) is 11.9 Å². The number of nitrogens with one attached hydrogen (secondary N) is 1. The van der Waals surface area contributed by atoms with Gasteiger partial charge < -0.3 is 9.88 Å². The second-order valence-corrected chi connectivity index (χ2v) is 5.97. The molecule has 0 aliphatic rings. The van der Waals surface area contributed by atoms with Gasteiger partial charge in [-0.1, -0.05) is 60.2 Å². The van der Waals surface area contributed by atoms with Crippen molar-refractivity contribution >= 4 is 5.91 Å². The topological polar surface area (TPSA) is 46.9 Å². The summed E-state index contributed by atoms with van der Waals surface area (Å²) in [5.41, 5.74) is 3.19. The summed E-state index contributed by atoms with van der Waals surface area (Å²) in [4.78, 5) is 17.0. The van der Waals surface area contributed by atoms with Crippen LogP contribution in [-0.4, -0.2) is 15.5 Å². The van der Waals surface area contributed by atoms with Gasteiger partial charge in [-0.05, 0) is 18.1 Å². The molecule has 0 saturated carbocycles. The molecule has 2 aromatic carbocycles. The molecule has 4 heteroatoms. The normalized spacial score (nSPS) is 11.9. The van der Waals surface area contributed by atoms with Crippen molar-refractivity contribution in [2.24, 2.45) is 7.05 Å². The van der Waals surface area contributed by atoms with Gasteiger partial charge in [-0.15, -0.1) is 0 Å². The summed E-state index contributed by atoms with van der Waals surface area (Å²) in [5, 5.41) is 3.13. The molecular weight excluding hydrogens is 298 g/mol.